The third-order valence-electron chi connectivity index (χ3n) is 4.86. The van der Waals surface area contributed by atoms with Gasteiger partial charge in [-0.3, -0.25) is 4.79 Å². The van der Waals surface area contributed by atoms with Crippen LogP contribution < -0.4 is 5.32 Å². The Bertz CT molecular complexity index is 922. The lowest BCUT2D eigenvalue weighted by Crippen LogP contribution is -2.41. The molecule has 4 rings (SSSR count). The third-order valence-corrected chi connectivity index (χ3v) is 4.86. The second-order valence-corrected chi connectivity index (χ2v) is 6.98. The van der Waals surface area contributed by atoms with Gasteiger partial charge in [-0.05, 0) is 44.0 Å². The molecule has 1 atom stereocenters. The summed E-state index contributed by atoms with van der Waals surface area (Å²) < 4.78 is 4.04. The van der Waals surface area contributed by atoms with E-state index in [0.29, 0.717) is 6.42 Å². The van der Waals surface area contributed by atoms with E-state index in [2.05, 4.69) is 26.0 Å². The molecule has 3 heterocycles. The second kappa shape index (κ2) is 6.78. The van der Waals surface area contributed by atoms with Crippen molar-refractivity contribution in [2.24, 2.45) is 0 Å². The summed E-state index contributed by atoms with van der Waals surface area (Å²) in [6.07, 6.45) is 6.05. The fourth-order valence-electron chi connectivity index (χ4n) is 3.59. The van der Waals surface area contributed by atoms with E-state index in [1.807, 2.05) is 55.2 Å². The molecule has 26 heavy (non-hydrogen) atoms. The van der Waals surface area contributed by atoms with Crippen LogP contribution in [0.3, 0.4) is 0 Å². The molecule has 0 saturated heterocycles. The smallest absolute Gasteiger partial charge is 0.224 e. The molecule has 6 heteroatoms. The maximum atomic E-state index is 12.4. The van der Waals surface area contributed by atoms with E-state index >= 15 is 0 Å². The van der Waals surface area contributed by atoms with Crippen LogP contribution in [-0.4, -0.2) is 31.3 Å². The van der Waals surface area contributed by atoms with Crippen molar-refractivity contribution >= 4 is 5.91 Å². The van der Waals surface area contributed by atoms with Crippen molar-refractivity contribution < 1.29 is 4.79 Å². The fraction of sp³-hybridized carbons (Fsp3) is 0.350. The number of aromatic nitrogens is 4. The lowest BCUT2D eigenvalue weighted by Gasteiger charge is -2.24. The number of benzene rings is 1. The fourth-order valence-corrected chi connectivity index (χ4v) is 3.59. The normalized spacial score (nSPS) is 16.3. The second-order valence-electron chi connectivity index (χ2n) is 6.98. The maximum absolute atomic E-state index is 12.4. The van der Waals surface area contributed by atoms with E-state index in [1.54, 1.807) is 0 Å². The zero-order valence-corrected chi connectivity index (χ0v) is 15.1. The number of carbonyl (C=O) groups is 1. The summed E-state index contributed by atoms with van der Waals surface area (Å²) >= 11 is 0. The molecule has 1 aromatic carbocycles. The Morgan fingerprint density at radius 2 is 2.08 bits per heavy atom. The number of rotatable bonds is 4. The van der Waals surface area contributed by atoms with Gasteiger partial charge in [-0.15, -0.1) is 0 Å². The summed E-state index contributed by atoms with van der Waals surface area (Å²) in [5.41, 5.74) is 4.12. The number of imidazole rings is 1. The average Bonchev–Trinajstić information content (AvgIpc) is 3.21. The lowest BCUT2D eigenvalue weighted by molar-refractivity contribution is -0.121. The number of amides is 1. The average molecular weight is 349 g/mol. The highest BCUT2D eigenvalue weighted by Gasteiger charge is 2.20. The van der Waals surface area contributed by atoms with E-state index in [1.165, 1.54) is 0 Å². The van der Waals surface area contributed by atoms with Crippen LogP contribution in [0.15, 0.2) is 42.7 Å². The van der Waals surface area contributed by atoms with Crippen LogP contribution in [0.4, 0.5) is 0 Å². The zero-order valence-electron chi connectivity index (χ0n) is 15.1. The number of hydrogen-bond donors (Lipinski definition) is 1. The van der Waals surface area contributed by atoms with Crippen molar-refractivity contribution in [3.05, 3.63) is 65.5 Å². The van der Waals surface area contributed by atoms with Crippen molar-refractivity contribution in [1.82, 2.24) is 24.6 Å². The van der Waals surface area contributed by atoms with Gasteiger partial charge in [-0.2, -0.15) is 5.10 Å². The first-order valence-corrected chi connectivity index (χ1v) is 9.00. The van der Waals surface area contributed by atoms with E-state index in [9.17, 15) is 4.79 Å². The zero-order chi connectivity index (χ0) is 18.1. The highest BCUT2D eigenvalue weighted by Crippen LogP contribution is 2.15. The van der Waals surface area contributed by atoms with Gasteiger partial charge in [0.15, 0.2) is 0 Å². The summed E-state index contributed by atoms with van der Waals surface area (Å²) in [4.78, 5) is 16.7. The van der Waals surface area contributed by atoms with E-state index in [4.69, 9.17) is 0 Å². The van der Waals surface area contributed by atoms with Crippen LogP contribution in [0.25, 0.3) is 5.69 Å². The largest absolute Gasteiger partial charge is 0.351 e. The van der Waals surface area contributed by atoms with Gasteiger partial charge in [0.25, 0.3) is 0 Å². The minimum Gasteiger partial charge on any atom is -0.351 e. The third kappa shape index (κ3) is 3.40. The molecular formula is C20H23N5O. The van der Waals surface area contributed by atoms with Gasteiger partial charge in [0.2, 0.25) is 5.91 Å². The van der Waals surface area contributed by atoms with Gasteiger partial charge in [0, 0.05) is 37.1 Å². The van der Waals surface area contributed by atoms with Crippen molar-refractivity contribution in [3.8, 4) is 5.69 Å². The first kappa shape index (κ1) is 16.6. The van der Waals surface area contributed by atoms with Crippen molar-refractivity contribution in [2.75, 3.05) is 0 Å². The molecule has 1 amide bonds. The highest BCUT2D eigenvalue weighted by molar-refractivity contribution is 5.78. The maximum Gasteiger partial charge on any atom is 0.224 e. The molecule has 0 unspecified atom stereocenters. The van der Waals surface area contributed by atoms with E-state index in [0.717, 1.165) is 47.8 Å². The summed E-state index contributed by atoms with van der Waals surface area (Å²) in [5, 5.41) is 7.64. The highest BCUT2D eigenvalue weighted by atomic mass is 16.1. The topological polar surface area (TPSA) is 64.7 Å². The van der Waals surface area contributed by atoms with E-state index < -0.39 is 0 Å². The quantitative estimate of drug-likeness (QED) is 0.786. The van der Waals surface area contributed by atoms with E-state index in [-0.39, 0.29) is 11.9 Å². The van der Waals surface area contributed by atoms with Gasteiger partial charge in [-0.1, -0.05) is 12.1 Å². The molecule has 0 fully saturated rings. The van der Waals surface area contributed by atoms with Crippen LogP contribution in [-0.2, 0) is 24.2 Å². The summed E-state index contributed by atoms with van der Waals surface area (Å²) in [7, 11) is 0. The van der Waals surface area contributed by atoms with Crippen molar-refractivity contribution in [2.45, 2.75) is 45.7 Å². The van der Waals surface area contributed by atoms with Crippen LogP contribution >= 0.6 is 0 Å². The molecule has 0 saturated carbocycles. The summed E-state index contributed by atoms with van der Waals surface area (Å²) in [6, 6.07) is 10.3. The molecule has 0 bridgehead atoms. The van der Waals surface area contributed by atoms with Gasteiger partial charge >= 0.3 is 0 Å². The molecule has 2 aromatic heterocycles. The number of fused-ring (bicyclic) bond motifs is 1. The van der Waals surface area contributed by atoms with Gasteiger partial charge in [-0.25, -0.2) is 9.67 Å². The number of nitrogens with one attached hydrogen (secondary N) is 1. The molecule has 134 valence electrons. The Hall–Kier alpha value is -2.89. The first-order valence-electron chi connectivity index (χ1n) is 9.00. The lowest BCUT2D eigenvalue weighted by atomic mass is 10.1. The SMILES string of the molecule is Cc1cc(C)n(-c2ccc(CC(=O)N[C@@H]3CCc4nccn4C3)cc2)n1. The standard InChI is InChI=1S/C20H23N5O/c1-14-11-15(2)25(23-14)18-6-3-16(4-7-18)12-20(26)22-17-5-8-19-21-9-10-24(19)13-17/h3-4,6-7,9-11,17H,5,8,12-13H2,1-2H3,(H,22,26)/t17-/m1/s1. The number of nitrogens with zero attached hydrogens (tertiary/aromatic N) is 4. The molecule has 0 radical (unpaired) electrons. The van der Waals surface area contributed by atoms with Crippen molar-refractivity contribution in [3.63, 3.8) is 0 Å². The molecule has 1 aliphatic heterocycles. The van der Waals surface area contributed by atoms with Crippen LogP contribution in [0.5, 0.6) is 0 Å². The van der Waals surface area contributed by atoms with Crippen LogP contribution in [0.2, 0.25) is 0 Å². The minimum atomic E-state index is 0.0671. The summed E-state index contributed by atoms with van der Waals surface area (Å²) in [5.74, 6) is 1.17. The van der Waals surface area contributed by atoms with Crippen LogP contribution in [0, 0.1) is 13.8 Å². The Morgan fingerprint density at radius 1 is 1.27 bits per heavy atom. The predicted molar refractivity (Wildman–Crippen MR) is 99.2 cm³/mol. The predicted octanol–water partition coefficient (Wildman–Crippen LogP) is 2.36. The van der Waals surface area contributed by atoms with Crippen molar-refractivity contribution in [1.29, 1.82) is 0 Å². The molecular weight excluding hydrogens is 326 g/mol. The summed E-state index contributed by atoms with van der Waals surface area (Å²) in [6.45, 7) is 4.83. The molecule has 0 aliphatic carbocycles. The molecule has 1 aliphatic rings. The Morgan fingerprint density at radius 3 is 2.81 bits per heavy atom. The monoisotopic (exact) mass is 349 g/mol. The minimum absolute atomic E-state index is 0.0671. The van der Waals surface area contributed by atoms with Gasteiger partial charge < -0.3 is 9.88 Å². The molecule has 3 aromatic rings. The number of hydrogen-bond acceptors (Lipinski definition) is 3. The number of aryl methyl sites for hydroxylation is 3. The molecule has 6 nitrogen and oxygen atoms in total. The Kier molecular flexibility index (Phi) is 4.32. The molecule has 0 spiro atoms. The number of carbonyl (C=O) groups excluding carboxylic acids is 1. The van der Waals surface area contributed by atoms with Gasteiger partial charge in [0.05, 0.1) is 17.8 Å². The van der Waals surface area contributed by atoms with Gasteiger partial charge in [0.1, 0.15) is 5.82 Å². The Labute approximate surface area is 152 Å². The molecule has 1 N–H and O–H groups in total. The first-order chi connectivity index (χ1) is 12.6. The van der Waals surface area contributed by atoms with Crippen LogP contribution in [0.1, 0.15) is 29.2 Å². The Balaban J connectivity index is 1.37.